The van der Waals surface area contributed by atoms with E-state index in [1.54, 1.807) is 12.3 Å². The molecule has 0 fully saturated rings. The second-order valence-corrected chi connectivity index (χ2v) is 7.78. The molecular weight excluding hydrogens is 419 g/mol. The number of aromatic nitrogens is 3. The molecule has 6 nitrogen and oxygen atoms in total. The minimum Gasteiger partial charge on any atom is -0.343 e. The van der Waals surface area contributed by atoms with Crippen LogP contribution >= 0.6 is 11.6 Å². The van der Waals surface area contributed by atoms with Crippen LogP contribution in [0.25, 0.3) is 10.8 Å². The van der Waals surface area contributed by atoms with Crippen LogP contribution in [-0.4, -0.2) is 20.3 Å². The molecule has 4 rings (SSSR count). The summed E-state index contributed by atoms with van der Waals surface area (Å²) in [7, 11) is 0. The Labute approximate surface area is 182 Å². The highest BCUT2D eigenvalue weighted by Gasteiger charge is 2.17. The molecule has 0 spiro atoms. The van der Waals surface area contributed by atoms with Gasteiger partial charge in [0.1, 0.15) is 12.4 Å². The van der Waals surface area contributed by atoms with E-state index < -0.39 is 11.7 Å². The number of nitrogens with zero attached hydrogens (tertiary/aromatic N) is 3. The summed E-state index contributed by atoms with van der Waals surface area (Å²) < 4.78 is 16.5. The van der Waals surface area contributed by atoms with E-state index >= 15 is 0 Å². The highest BCUT2D eigenvalue weighted by molar-refractivity contribution is 6.30. The van der Waals surface area contributed by atoms with Crippen LogP contribution < -0.4 is 10.9 Å². The van der Waals surface area contributed by atoms with Gasteiger partial charge in [-0.1, -0.05) is 29.8 Å². The number of rotatable bonds is 5. The number of amides is 1. The van der Waals surface area contributed by atoms with Gasteiger partial charge in [0.15, 0.2) is 0 Å². The first-order chi connectivity index (χ1) is 14.8. The Kier molecular flexibility index (Phi) is 5.61. The molecule has 8 heteroatoms. The molecule has 1 N–H and O–H groups in total. The number of anilines is 1. The maximum absolute atomic E-state index is 13.3. The van der Waals surface area contributed by atoms with Crippen LogP contribution in [0.4, 0.5) is 10.1 Å². The van der Waals surface area contributed by atoms with Crippen LogP contribution in [0, 0.1) is 19.7 Å². The molecule has 0 bridgehead atoms. The van der Waals surface area contributed by atoms with Crippen LogP contribution in [0.15, 0.2) is 59.5 Å². The number of carbonyl (C=O) groups excluding carboxylic acids is 1. The van der Waals surface area contributed by atoms with Gasteiger partial charge >= 0.3 is 0 Å². The van der Waals surface area contributed by atoms with Crippen molar-refractivity contribution in [3.05, 3.63) is 92.9 Å². The summed E-state index contributed by atoms with van der Waals surface area (Å²) in [6, 6.07) is 13.1. The van der Waals surface area contributed by atoms with Crippen LogP contribution in [0.5, 0.6) is 0 Å². The van der Waals surface area contributed by atoms with Crippen molar-refractivity contribution in [2.45, 2.75) is 26.9 Å². The van der Waals surface area contributed by atoms with E-state index in [-0.39, 0.29) is 12.1 Å². The predicted molar refractivity (Wildman–Crippen MR) is 119 cm³/mol. The SMILES string of the molecule is Cc1c2cnn(CC(=O)Nc3cccc(F)c3)c(=O)c2c(C)n1Cc1cccc(Cl)c1. The van der Waals surface area contributed by atoms with E-state index in [1.165, 1.54) is 18.2 Å². The third kappa shape index (κ3) is 4.22. The fourth-order valence-corrected chi connectivity index (χ4v) is 3.93. The Morgan fingerprint density at radius 3 is 2.65 bits per heavy atom. The van der Waals surface area contributed by atoms with Crippen LogP contribution in [0.3, 0.4) is 0 Å². The second-order valence-electron chi connectivity index (χ2n) is 7.34. The Morgan fingerprint density at radius 1 is 1.13 bits per heavy atom. The van der Waals surface area contributed by atoms with E-state index in [4.69, 9.17) is 11.6 Å². The van der Waals surface area contributed by atoms with Crippen molar-refractivity contribution in [1.82, 2.24) is 14.3 Å². The molecule has 158 valence electrons. The Bertz CT molecular complexity index is 1360. The fraction of sp³-hybridized carbons (Fsp3) is 0.174. The number of hydrogen-bond acceptors (Lipinski definition) is 3. The minimum atomic E-state index is -0.465. The molecule has 2 aromatic carbocycles. The van der Waals surface area contributed by atoms with E-state index in [0.717, 1.165) is 27.0 Å². The number of aryl methyl sites for hydroxylation is 2. The summed E-state index contributed by atoms with van der Waals surface area (Å²) in [4.78, 5) is 25.5. The smallest absolute Gasteiger partial charge is 0.276 e. The largest absolute Gasteiger partial charge is 0.343 e. The number of benzene rings is 2. The van der Waals surface area contributed by atoms with Crippen molar-refractivity contribution in [3.63, 3.8) is 0 Å². The average molecular weight is 439 g/mol. The molecule has 2 heterocycles. The Hall–Kier alpha value is -3.45. The number of hydrogen-bond donors (Lipinski definition) is 1. The third-order valence-electron chi connectivity index (χ3n) is 5.24. The lowest BCUT2D eigenvalue weighted by atomic mass is 10.2. The van der Waals surface area contributed by atoms with Crippen molar-refractivity contribution in [2.75, 3.05) is 5.32 Å². The predicted octanol–water partition coefficient (Wildman–Crippen LogP) is 4.29. The van der Waals surface area contributed by atoms with Crippen molar-refractivity contribution < 1.29 is 9.18 Å². The molecule has 0 aliphatic rings. The number of halogens is 2. The molecule has 0 atom stereocenters. The molecular formula is C23H20ClFN4O2. The monoisotopic (exact) mass is 438 g/mol. The molecule has 0 unspecified atom stereocenters. The van der Waals surface area contributed by atoms with Gasteiger partial charge in [-0.2, -0.15) is 5.10 Å². The van der Waals surface area contributed by atoms with Crippen molar-refractivity contribution in [2.24, 2.45) is 0 Å². The first kappa shape index (κ1) is 20.8. The summed E-state index contributed by atoms with van der Waals surface area (Å²) >= 11 is 6.10. The third-order valence-corrected chi connectivity index (χ3v) is 5.47. The zero-order valence-corrected chi connectivity index (χ0v) is 17.8. The lowest BCUT2D eigenvalue weighted by molar-refractivity contribution is -0.117. The Morgan fingerprint density at radius 2 is 1.90 bits per heavy atom. The lowest BCUT2D eigenvalue weighted by Gasteiger charge is -2.09. The second kappa shape index (κ2) is 8.35. The standard InChI is InChI=1S/C23H20ClFN4O2/c1-14-20-11-26-29(13-21(30)27-19-8-4-7-18(25)10-19)23(31)22(20)15(2)28(14)12-16-5-3-6-17(24)9-16/h3-11H,12-13H2,1-2H3,(H,27,30). The normalized spacial score (nSPS) is 11.1. The van der Waals surface area contributed by atoms with Crippen LogP contribution in [-0.2, 0) is 17.9 Å². The highest BCUT2D eigenvalue weighted by Crippen LogP contribution is 2.23. The molecule has 2 aromatic heterocycles. The van der Waals surface area contributed by atoms with Gasteiger partial charge in [-0.3, -0.25) is 9.59 Å². The van der Waals surface area contributed by atoms with E-state index in [9.17, 15) is 14.0 Å². The van der Waals surface area contributed by atoms with Gasteiger partial charge in [0.2, 0.25) is 5.91 Å². The van der Waals surface area contributed by atoms with Crippen molar-refractivity contribution in [3.8, 4) is 0 Å². The van der Waals surface area contributed by atoms with Crippen LogP contribution in [0.2, 0.25) is 5.02 Å². The quantitative estimate of drug-likeness (QED) is 0.505. The molecule has 0 aliphatic carbocycles. The molecule has 0 radical (unpaired) electrons. The maximum Gasteiger partial charge on any atom is 0.276 e. The molecule has 4 aromatic rings. The summed E-state index contributed by atoms with van der Waals surface area (Å²) in [5, 5.41) is 8.67. The Balaban J connectivity index is 1.65. The van der Waals surface area contributed by atoms with Gasteiger partial charge in [-0.25, -0.2) is 9.07 Å². The van der Waals surface area contributed by atoms with E-state index in [1.807, 2.05) is 42.7 Å². The summed E-state index contributed by atoms with van der Waals surface area (Å²) in [6.07, 6.45) is 1.60. The van der Waals surface area contributed by atoms with Crippen LogP contribution in [0.1, 0.15) is 17.0 Å². The van der Waals surface area contributed by atoms with Gasteiger partial charge in [0.05, 0.1) is 11.6 Å². The maximum atomic E-state index is 13.3. The summed E-state index contributed by atoms with van der Waals surface area (Å²) in [6.45, 7) is 4.09. The van der Waals surface area contributed by atoms with Crippen molar-refractivity contribution >= 4 is 34.0 Å². The van der Waals surface area contributed by atoms with Crippen molar-refractivity contribution in [1.29, 1.82) is 0 Å². The number of nitrogens with one attached hydrogen (secondary N) is 1. The summed E-state index contributed by atoms with van der Waals surface area (Å²) in [5.41, 5.74) is 2.69. The molecule has 0 aliphatic heterocycles. The first-order valence-electron chi connectivity index (χ1n) is 9.69. The van der Waals surface area contributed by atoms with E-state index in [0.29, 0.717) is 22.6 Å². The van der Waals surface area contributed by atoms with Gasteiger partial charge in [-0.15, -0.1) is 0 Å². The van der Waals surface area contributed by atoms with Gasteiger partial charge < -0.3 is 9.88 Å². The highest BCUT2D eigenvalue weighted by atomic mass is 35.5. The molecule has 0 saturated heterocycles. The zero-order chi connectivity index (χ0) is 22.1. The van der Waals surface area contributed by atoms with Gasteiger partial charge in [-0.05, 0) is 49.7 Å². The van der Waals surface area contributed by atoms with E-state index in [2.05, 4.69) is 10.4 Å². The fourth-order valence-electron chi connectivity index (χ4n) is 3.72. The van der Waals surface area contributed by atoms with Gasteiger partial charge in [0, 0.05) is 34.0 Å². The lowest BCUT2D eigenvalue weighted by Crippen LogP contribution is -2.29. The number of fused-ring (bicyclic) bond motifs is 1. The first-order valence-corrected chi connectivity index (χ1v) is 10.1. The zero-order valence-electron chi connectivity index (χ0n) is 17.0. The summed E-state index contributed by atoms with van der Waals surface area (Å²) in [5.74, 6) is -0.922. The average Bonchev–Trinajstić information content (AvgIpc) is 2.95. The molecule has 1 amide bonds. The topological polar surface area (TPSA) is 68.9 Å². The van der Waals surface area contributed by atoms with Gasteiger partial charge in [0.25, 0.3) is 5.56 Å². The molecule has 0 saturated carbocycles. The minimum absolute atomic E-state index is 0.275. The molecule has 31 heavy (non-hydrogen) atoms. The number of carbonyl (C=O) groups is 1.